The largest absolute Gasteiger partial charge is 0.371 e. The van der Waals surface area contributed by atoms with Gasteiger partial charge in [0, 0.05) is 29.5 Å². The smallest absolute Gasteiger partial charge is 0.253 e. The fourth-order valence-electron chi connectivity index (χ4n) is 3.57. The van der Waals surface area contributed by atoms with Gasteiger partial charge in [-0.15, -0.1) is 0 Å². The van der Waals surface area contributed by atoms with Gasteiger partial charge in [-0.2, -0.15) is 0 Å². The van der Waals surface area contributed by atoms with Gasteiger partial charge in [-0.05, 0) is 55.7 Å². The van der Waals surface area contributed by atoms with E-state index in [9.17, 15) is 9.59 Å². The van der Waals surface area contributed by atoms with Crippen LogP contribution in [0.4, 0.5) is 11.4 Å². The second kappa shape index (κ2) is 10.7. The summed E-state index contributed by atoms with van der Waals surface area (Å²) in [5, 5.41) is 6.50. The molecular formula is C23H27Cl2N3O2. The third-order valence-electron chi connectivity index (χ3n) is 5.23. The molecule has 0 aromatic heterocycles. The number of benzene rings is 2. The minimum Gasteiger partial charge on any atom is -0.371 e. The van der Waals surface area contributed by atoms with Crippen LogP contribution in [0.3, 0.4) is 0 Å². The molecule has 7 heteroatoms. The average molecular weight is 448 g/mol. The molecule has 0 aliphatic carbocycles. The van der Waals surface area contributed by atoms with E-state index in [2.05, 4.69) is 21.6 Å². The lowest BCUT2D eigenvalue weighted by Crippen LogP contribution is -2.43. The molecular weight excluding hydrogens is 421 g/mol. The molecule has 0 spiro atoms. The molecule has 1 heterocycles. The monoisotopic (exact) mass is 447 g/mol. The summed E-state index contributed by atoms with van der Waals surface area (Å²) in [5.74, 6) is -0.626. The van der Waals surface area contributed by atoms with Crippen molar-refractivity contribution in [3.63, 3.8) is 0 Å². The number of halogens is 2. The third-order valence-corrected chi connectivity index (χ3v) is 5.78. The van der Waals surface area contributed by atoms with E-state index in [1.54, 1.807) is 12.1 Å². The normalized spacial score (nSPS) is 14.4. The number of nitrogens with zero attached hydrogens (tertiary/aromatic N) is 1. The van der Waals surface area contributed by atoms with Gasteiger partial charge in [0.2, 0.25) is 5.91 Å². The lowest BCUT2D eigenvalue weighted by Gasteiger charge is -2.21. The maximum atomic E-state index is 13.0. The molecule has 1 aliphatic rings. The van der Waals surface area contributed by atoms with Gasteiger partial charge in [0.15, 0.2) is 0 Å². The Morgan fingerprint density at radius 2 is 1.87 bits per heavy atom. The maximum absolute atomic E-state index is 13.0. The molecule has 1 saturated heterocycles. The molecule has 30 heavy (non-hydrogen) atoms. The molecule has 2 N–H and O–H groups in total. The molecule has 5 nitrogen and oxygen atoms in total. The van der Waals surface area contributed by atoms with E-state index in [1.807, 2.05) is 25.1 Å². The number of carbonyl (C=O) groups excluding carboxylic acids is 2. The Kier molecular flexibility index (Phi) is 8.00. The van der Waals surface area contributed by atoms with Crippen molar-refractivity contribution >= 4 is 46.4 Å². The predicted molar refractivity (Wildman–Crippen MR) is 124 cm³/mol. The molecule has 0 unspecified atom stereocenters. The molecule has 2 aromatic rings. The zero-order valence-corrected chi connectivity index (χ0v) is 18.6. The second-order valence-corrected chi connectivity index (χ2v) is 8.37. The molecule has 0 bridgehead atoms. The molecule has 1 fully saturated rings. The van der Waals surface area contributed by atoms with E-state index in [0.717, 1.165) is 37.3 Å². The summed E-state index contributed by atoms with van der Waals surface area (Å²) in [6.07, 6.45) is 4.67. The summed E-state index contributed by atoms with van der Waals surface area (Å²) in [6.45, 7) is 4.12. The molecule has 3 rings (SSSR count). The van der Waals surface area contributed by atoms with Crippen molar-refractivity contribution < 1.29 is 9.59 Å². The fraction of sp³-hybridized carbons (Fsp3) is 0.391. The summed E-state index contributed by atoms with van der Waals surface area (Å²) in [5.41, 5.74) is 2.13. The van der Waals surface area contributed by atoms with Crippen LogP contribution < -0.4 is 15.5 Å². The van der Waals surface area contributed by atoms with Crippen LogP contribution in [0.2, 0.25) is 10.0 Å². The highest BCUT2D eigenvalue weighted by molar-refractivity contribution is 6.36. The van der Waals surface area contributed by atoms with Gasteiger partial charge in [0.25, 0.3) is 5.91 Å². The first kappa shape index (κ1) is 22.4. The first-order valence-corrected chi connectivity index (χ1v) is 11.2. The second-order valence-electron chi connectivity index (χ2n) is 7.53. The van der Waals surface area contributed by atoms with E-state index < -0.39 is 11.9 Å². The minimum absolute atomic E-state index is 0.236. The van der Waals surface area contributed by atoms with Gasteiger partial charge in [0.05, 0.1) is 10.6 Å². The fourth-order valence-corrected chi connectivity index (χ4v) is 4.07. The van der Waals surface area contributed by atoms with Gasteiger partial charge in [0.1, 0.15) is 6.04 Å². The first-order chi connectivity index (χ1) is 14.5. The number of nitrogens with one attached hydrogen (secondary N) is 2. The molecule has 0 saturated carbocycles. The highest BCUT2D eigenvalue weighted by atomic mass is 35.5. The molecule has 2 aromatic carbocycles. The summed E-state index contributed by atoms with van der Waals surface area (Å²) in [6, 6.07) is 11.9. The van der Waals surface area contributed by atoms with E-state index in [-0.39, 0.29) is 10.9 Å². The van der Waals surface area contributed by atoms with Crippen LogP contribution in [0.15, 0.2) is 42.5 Å². The Labute approximate surface area is 187 Å². The van der Waals surface area contributed by atoms with Crippen LogP contribution in [-0.2, 0) is 4.79 Å². The number of hydrogen-bond acceptors (Lipinski definition) is 3. The van der Waals surface area contributed by atoms with Crippen LogP contribution >= 0.6 is 23.2 Å². The number of carbonyl (C=O) groups is 2. The zero-order valence-electron chi connectivity index (χ0n) is 17.1. The Bertz CT molecular complexity index is 898. The summed E-state index contributed by atoms with van der Waals surface area (Å²) < 4.78 is 0. The van der Waals surface area contributed by atoms with Crippen molar-refractivity contribution in [2.45, 2.75) is 45.1 Å². The topological polar surface area (TPSA) is 61.4 Å². The van der Waals surface area contributed by atoms with Crippen LogP contribution in [0.1, 0.15) is 49.4 Å². The van der Waals surface area contributed by atoms with Gasteiger partial charge in [-0.3, -0.25) is 9.59 Å². The van der Waals surface area contributed by atoms with Crippen molar-refractivity contribution in [1.82, 2.24) is 5.32 Å². The number of rotatable bonds is 8. The molecule has 2 amide bonds. The number of anilines is 2. The van der Waals surface area contributed by atoms with Crippen LogP contribution in [0.25, 0.3) is 0 Å². The first-order valence-electron chi connectivity index (χ1n) is 10.4. The highest BCUT2D eigenvalue weighted by Gasteiger charge is 2.23. The predicted octanol–water partition coefficient (Wildman–Crippen LogP) is 5.52. The maximum Gasteiger partial charge on any atom is 0.253 e. The van der Waals surface area contributed by atoms with Gasteiger partial charge < -0.3 is 15.5 Å². The Morgan fingerprint density at radius 1 is 1.10 bits per heavy atom. The summed E-state index contributed by atoms with van der Waals surface area (Å²) in [7, 11) is 0. The van der Waals surface area contributed by atoms with E-state index in [0.29, 0.717) is 17.0 Å². The van der Waals surface area contributed by atoms with E-state index >= 15 is 0 Å². The van der Waals surface area contributed by atoms with Crippen LogP contribution in [-0.4, -0.2) is 30.9 Å². The molecule has 0 radical (unpaired) electrons. The number of hydrogen-bond donors (Lipinski definition) is 2. The standard InChI is InChI=1S/C23H27Cl2N3O2/c1-2-3-9-21(27-22(29)19-11-10-16(24)14-20(19)25)23(30)26-17-7-6-8-18(15-17)28-12-4-5-13-28/h6-8,10-11,14-15,21H,2-5,9,12-13H2,1H3,(H,26,30)(H,27,29)/t21-/m0/s1. The SMILES string of the molecule is CCCC[C@H](NC(=O)c1ccc(Cl)cc1Cl)C(=O)Nc1cccc(N2CCCC2)c1. The van der Waals surface area contributed by atoms with Gasteiger partial charge >= 0.3 is 0 Å². The highest BCUT2D eigenvalue weighted by Crippen LogP contribution is 2.24. The van der Waals surface area contributed by atoms with Crippen molar-refractivity contribution in [1.29, 1.82) is 0 Å². The Balaban J connectivity index is 1.70. The Morgan fingerprint density at radius 3 is 2.57 bits per heavy atom. The lowest BCUT2D eigenvalue weighted by molar-refractivity contribution is -0.118. The van der Waals surface area contributed by atoms with Gasteiger partial charge in [-0.25, -0.2) is 0 Å². The van der Waals surface area contributed by atoms with Crippen LogP contribution in [0, 0.1) is 0 Å². The van der Waals surface area contributed by atoms with Crippen molar-refractivity contribution in [2.75, 3.05) is 23.3 Å². The van der Waals surface area contributed by atoms with E-state index in [4.69, 9.17) is 23.2 Å². The van der Waals surface area contributed by atoms with Gasteiger partial charge in [-0.1, -0.05) is 49.0 Å². The molecule has 1 aliphatic heterocycles. The van der Waals surface area contributed by atoms with Crippen molar-refractivity contribution in [3.05, 3.63) is 58.1 Å². The number of unbranched alkanes of at least 4 members (excludes halogenated alkanes) is 1. The van der Waals surface area contributed by atoms with E-state index in [1.165, 1.54) is 18.9 Å². The lowest BCUT2D eigenvalue weighted by atomic mass is 10.1. The molecule has 1 atom stereocenters. The Hall–Kier alpha value is -2.24. The zero-order chi connectivity index (χ0) is 21.5. The summed E-state index contributed by atoms with van der Waals surface area (Å²) >= 11 is 12.1. The quantitative estimate of drug-likeness (QED) is 0.559. The third kappa shape index (κ3) is 5.89. The summed E-state index contributed by atoms with van der Waals surface area (Å²) in [4.78, 5) is 28.0. The van der Waals surface area contributed by atoms with Crippen molar-refractivity contribution in [3.8, 4) is 0 Å². The minimum atomic E-state index is -0.653. The van der Waals surface area contributed by atoms with Crippen LogP contribution in [0.5, 0.6) is 0 Å². The molecule has 160 valence electrons. The van der Waals surface area contributed by atoms with Crippen molar-refractivity contribution in [2.24, 2.45) is 0 Å². The number of amides is 2. The average Bonchev–Trinajstić information content (AvgIpc) is 3.26.